The van der Waals surface area contributed by atoms with Crippen molar-refractivity contribution < 1.29 is 14.1 Å². The topological polar surface area (TPSA) is 92.2 Å². The average molecular weight is 243 g/mol. The van der Waals surface area contributed by atoms with Crippen molar-refractivity contribution in [2.24, 2.45) is 0 Å². The van der Waals surface area contributed by atoms with Crippen LogP contribution in [0.1, 0.15) is 17.4 Å². The van der Waals surface area contributed by atoms with E-state index in [1.165, 1.54) is 12.1 Å². The number of hydrogen-bond donors (Lipinski definition) is 2. The number of carboxylic acid groups (broad SMARTS) is 1. The van der Waals surface area contributed by atoms with E-state index in [-0.39, 0.29) is 5.69 Å². The third kappa shape index (κ3) is 3.93. The molecule has 88 valence electrons. The van der Waals surface area contributed by atoms with E-state index >= 15 is 0 Å². The summed E-state index contributed by atoms with van der Waals surface area (Å²) in [6.45, 7) is 2.39. The first-order valence-corrected chi connectivity index (χ1v) is 6.28. The van der Waals surface area contributed by atoms with Crippen molar-refractivity contribution >= 4 is 22.6 Å². The lowest BCUT2D eigenvalue weighted by Gasteiger charge is -2.03. The van der Waals surface area contributed by atoms with Crippen LogP contribution in [-0.2, 0) is 10.8 Å². The summed E-state index contributed by atoms with van der Waals surface area (Å²) in [5.74, 6) is 0.550. The number of anilines is 1. The predicted molar refractivity (Wildman–Crippen MR) is 61.0 cm³/mol. The van der Waals surface area contributed by atoms with Gasteiger partial charge in [-0.3, -0.25) is 4.21 Å². The van der Waals surface area contributed by atoms with E-state index in [2.05, 4.69) is 15.5 Å². The molecule has 0 saturated heterocycles. The maximum Gasteiger partial charge on any atom is 0.356 e. The van der Waals surface area contributed by atoms with Crippen LogP contribution in [0.4, 0.5) is 5.82 Å². The van der Waals surface area contributed by atoms with Crippen molar-refractivity contribution in [3.8, 4) is 0 Å². The third-order valence-corrected chi connectivity index (χ3v) is 3.14. The minimum absolute atomic E-state index is 0.0947. The number of aromatic nitrogens is 2. The molecular weight excluding hydrogens is 230 g/mol. The number of aromatic carboxylic acids is 1. The molecule has 1 aromatic rings. The molecule has 7 heteroatoms. The van der Waals surface area contributed by atoms with Gasteiger partial charge in [0.05, 0.1) is 0 Å². The summed E-state index contributed by atoms with van der Waals surface area (Å²) < 4.78 is 11.1. The fourth-order valence-corrected chi connectivity index (χ4v) is 1.60. The highest BCUT2D eigenvalue weighted by molar-refractivity contribution is 7.84. The summed E-state index contributed by atoms with van der Waals surface area (Å²) in [5.41, 5.74) is -0.0947. The summed E-state index contributed by atoms with van der Waals surface area (Å²) in [6, 6.07) is 2.90. The second-order valence-electron chi connectivity index (χ2n) is 2.97. The van der Waals surface area contributed by atoms with Gasteiger partial charge in [0.15, 0.2) is 5.69 Å². The van der Waals surface area contributed by atoms with Crippen LogP contribution in [0.5, 0.6) is 0 Å². The highest BCUT2D eigenvalue weighted by Crippen LogP contribution is 2.01. The molecule has 1 aromatic heterocycles. The van der Waals surface area contributed by atoms with Gasteiger partial charge in [0.1, 0.15) is 5.82 Å². The van der Waals surface area contributed by atoms with Crippen molar-refractivity contribution in [3.63, 3.8) is 0 Å². The molecule has 0 spiro atoms. The molecule has 0 aliphatic heterocycles. The lowest BCUT2D eigenvalue weighted by Crippen LogP contribution is -2.13. The Hall–Kier alpha value is -1.50. The molecule has 1 unspecified atom stereocenters. The predicted octanol–water partition coefficient (Wildman–Crippen LogP) is 0.355. The van der Waals surface area contributed by atoms with Gasteiger partial charge >= 0.3 is 5.97 Å². The number of rotatable bonds is 6. The van der Waals surface area contributed by atoms with Crippen LogP contribution in [0.15, 0.2) is 12.1 Å². The molecule has 0 bridgehead atoms. The summed E-state index contributed by atoms with van der Waals surface area (Å²) in [7, 11) is -0.817. The first-order chi connectivity index (χ1) is 7.63. The Kier molecular flexibility index (Phi) is 4.84. The van der Waals surface area contributed by atoms with E-state index in [1.54, 1.807) is 0 Å². The maximum atomic E-state index is 11.1. The largest absolute Gasteiger partial charge is 0.476 e. The zero-order chi connectivity index (χ0) is 12.0. The molecule has 0 saturated carbocycles. The number of nitrogens with one attached hydrogen (secondary N) is 1. The Morgan fingerprint density at radius 3 is 2.75 bits per heavy atom. The van der Waals surface area contributed by atoms with Gasteiger partial charge in [0.2, 0.25) is 0 Å². The molecule has 1 atom stereocenters. The van der Waals surface area contributed by atoms with E-state index in [4.69, 9.17) is 5.11 Å². The van der Waals surface area contributed by atoms with E-state index in [0.29, 0.717) is 23.9 Å². The van der Waals surface area contributed by atoms with Gasteiger partial charge in [-0.2, -0.15) is 0 Å². The van der Waals surface area contributed by atoms with E-state index in [0.717, 1.165) is 0 Å². The Balaban J connectivity index is 2.43. The minimum Gasteiger partial charge on any atom is -0.476 e. The van der Waals surface area contributed by atoms with Crippen LogP contribution in [0.2, 0.25) is 0 Å². The van der Waals surface area contributed by atoms with Crippen LogP contribution in [-0.4, -0.2) is 43.5 Å². The summed E-state index contributed by atoms with van der Waals surface area (Å²) in [4.78, 5) is 10.5. The molecule has 6 nitrogen and oxygen atoms in total. The average Bonchev–Trinajstić information content (AvgIpc) is 2.29. The van der Waals surface area contributed by atoms with Gasteiger partial charge in [-0.05, 0) is 12.1 Å². The molecule has 0 aliphatic rings. The Morgan fingerprint density at radius 2 is 2.25 bits per heavy atom. The smallest absolute Gasteiger partial charge is 0.356 e. The van der Waals surface area contributed by atoms with Crippen LogP contribution in [0, 0.1) is 0 Å². The maximum absolute atomic E-state index is 11.1. The standard InChI is InChI=1S/C9H13N3O3S/c1-2-16(15)6-5-10-8-4-3-7(9(13)14)11-12-8/h3-4H,2,5-6H2,1H3,(H,10,12)(H,13,14). The molecule has 1 heterocycles. The normalized spacial score (nSPS) is 12.1. The fraction of sp³-hybridized carbons (Fsp3) is 0.444. The van der Waals surface area contributed by atoms with Crippen molar-refractivity contribution in [1.29, 1.82) is 0 Å². The second-order valence-corrected chi connectivity index (χ2v) is 4.83. The SMILES string of the molecule is CCS(=O)CCNc1ccc(C(=O)O)nn1. The van der Waals surface area contributed by atoms with Gasteiger partial charge in [0, 0.05) is 28.9 Å². The molecule has 0 radical (unpaired) electrons. The zero-order valence-corrected chi connectivity index (χ0v) is 9.66. The molecule has 2 N–H and O–H groups in total. The van der Waals surface area contributed by atoms with Crippen molar-refractivity contribution in [2.75, 3.05) is 23.4 Å². The summed E-state index contributed by atoms with van der Waals surface area (Å²) >= 11 is 0. The number of carbonyl (C=O) groups is 1. The zero-order valence-electron chi connectivity index (χ0n) is 8.84. The van der Waals surface area contributed by atoms with Gasteiger partial charge in [-0.15, -0.1) is 10.2 Å². The molecule has 1 rings (SSSR count). The number of hydrogen-bond acceptors (Lipinski definition) is 5. The quantitative estimate of drug-likeness (QED) is 0.749. The Labute approximate surface area is 95.5 Å². The van der Waals surface area contributed by atoms with Crippen molar-refractivity contribution in [1.82, 2.24) is 10.2 Å². The van der Waals surface area contributed by atoms with Crippen LogP contribution in [0.3, 0.4) is 0 Å². The Morgan fingerprint density at radius 1 is 1.50 bits per heavy atom. The van der Waals surface area contributed by atoms with Crippen LogP contribution < -0.4 is 5.32 Å². The molecule has 0 amide bonds. The lowest BCUT2D eigenvalue weighted by atomic mass is 10.4. The minimum atomic E-state index is -1.11. The summed E-state index contributed by atoms with van der Waals surface area (Å²) in [6.07, 6.45) is 0. The monoisotopic (exact) mass is 243 g/mol. The molecule has 16 heavy (non-hydrogen) atoms. The van der Waals surface area contributed by atoms with Crippen LogP contribution >= 0.6 is 0 Å². The van der Waals surface area contributed by atoms with Gasteiger partial charge in [0.25, 0.3) is 0 Å². The fourth-order valence-electron chi connectivity index (χ4n) is 0.978. The van der Waals surface area contributed by atoms with Crippen molar-refractivity contribution in [2.45, 2.75) is 6.92 Å². The number of nitrogens with zero attached hydrogens (tertiary/aromatic N) is 2. The van der Waals surface area contributed by atoms with E-state index in [9.17, 15) is 9.00 Å². The van der Waals surface area contributed by atoms with Gasteiger partial charge < -0.3 is 10.4 Å². The lowest BCUT2D eigenvalue weighted by molar-refractivity contribution is 0.0689. The molecule has 0 aromatic carbocycles. The van der Waals surface area contributed by atoms with Crippen LogP contribution in [0.25, 0.3) is 0 Å². The Bertz CT molecular complexity index is 380. The van der Waals surface area contributed by atoms with Gasteiger partial charge in [-0.25, -0.2) is 4.79 Å². The molecular formula is C9H13N3O3S. The van der Waals surface area contributed by atoms with Gasteiger partial charge in [-0.1, -0.05) is 6.92 Å². The van der Waals surface area contributed by atoms with E-state index in [1.807, 2.05) is 6.92 Å². The first kappa shape index (κ1) is 12.6. The third-order valence-electron chi connectivity index (χ3n) is 1.84. The van der Waals surface area contributed by atoms with E-state index < -0.39 is 16.8 Å². The second kappa shape index (κ2) is 6.16. The highest BCUT2D eigenvalue weighted by atomic mass is 32.2. The number of carboxylic acids is 1. The molecule has 0 fully saturated rings. The van der Waals surface area contributed by atoms with Crippen molar-refractivity contribution in [3.05, 3.63) is 17.8 Å². The highest BCUT2D eigenvalue weighted by Gasteiger charge is 2.04. The molecule has 0 aliphatic carbocycles. The summed E-state index contributed by atoms with van der Waals surface area (Å²) in [5, 5.41) is 18.7. The first-order valence-electron chi connectivity index (χ1n) is 4.79.